The van der Waals surface area contributed by atoms with Crippen LogP contribution in [0.5, 0.6) is 11.5 Å². The van der Waals surface area contributed by atoms with E-state index in [0.29, 0.717) is 39.6 Å². The topological polar surface area (TPSA) is 166 Å². The van der Waals surface area contributed by atoms with Gasteiger partial charge < -0.3 is 24.7 Å². The van der Waals surface area contributed by atoms with Crippen LogP contribution in [0.4, 0.5) is 0 Å². The van der Waals surface area contributed by atoms with Crippen molar-refractivity contribution in [2.75, 3.05) is 13.1 Å². The van der Waals surface area contributed by atoms with Gasteiger partial charge in [0, 0.05) is 29.9 Å². The number of benzene rings is 3. The molecule has 6 aromatic rings. The van der Waals surface area contributed by atoms with Crippen LogP contribution in [0.1, 0.15) is 47.2 Å². The maximum Gasteiger partial charge on any atom is 0.268 e. The summed E-state index contributed by atoms with van der Waals surface area (Å²) in [7, 11) is -4.07. The minimum absolute atomic E-state index is 0.0876. The molecule has 13 nitrogen and oxygen atoms in total. The molecule has 0 spiro atoms. The quantitative estimate of drug-likeness (QED) is 0.192. The van der Waals surface area contributed by atoms with Gasteiger partial charge >= 0.3 is 0 Å². The molecule has 0 saturated carbocycles. The van der Waals surface area contributed by atoms with Crippen LogP contribution in [0, 0.1) is 0 Å². The van der Waals surface area contributed by atoms with Gasteiger partial charge in [0.25, 0.3) is 15.9 Å². The van der Waals surface area contributed by atoms with Crippen LogP contribution < -0.4 is 15.4 Å². The van der Waals surface area contributed by atoms with Crippen LogP contribution >= 0.6 is 11.8 Å². The number of aromatic nitrogens is 3. The highest BCUT2D eigenvalue weighted by Crippen LogP contribution is 2.47. The SMILES string of the molecule is C[C@@H](NC(=O)[C@@H]1C[C@H](c2ncco2)CN1C(=O)CNC(=O)c1ccc2c(c1)Oc1ccccc1S2)c1cc2cnccc2n1S(=O)(=O)c1ccccc1. The molecule has 5 heterocycles. The van der Waals surface area contributed by atoms with Crippen molar-refractivity contribution in [3.63, 3.8) is 0 Å². The van der Waals surface area contributed by atoms with E-state index in [1.165, 1.54) is 39.7 Å². The molecule has 2 N–H and O–H groups in total. The van der Waals surface area contributed by atoms with Gasteiger partial charge in [-0.05, 0) is 67.9 Å². The van der Waals surface area contributed by atoms with Crippen LogP contribution in [0.3, 0.4) is 0 Å². The summed E-state index contributed by atoms with van der Waals surface area (Å²) >= 11 is 1.54. The van der Waals surface area contributed by atoms with E-state index in [2.05, 4.69) is 20.6 Å². The second-order valence-corrected chi connectivity index (χ2v) is 15.5. The highest BCUT2D eigenvalue weighted by molar-refractivity contribution is 7.99. The molecule has 15 heteroatoms. The third kappa shape index (κ3) is 6.53. The van der Waals surface area contributed by atoms with Crippen molar-refractivity contribution in [3.05, 3.63) is 127 Å². The molecular formula is C38H32N6O7S2. The molecule has 1 fully saturated rings. The maximum atomic E-state index is 14.1. The first kappa shape index (κ1) is 34.2. The van der Waals surface area contributed by atoms with E-state index in [4.69, 9.17) is 9.15 Å². The van der Waals surface area contributed by atoms with Crippen LogP contribution in [0.25, 0.3) is 10.9 Å². The molecule has 3 aromatic heterocycles. The fourth-order valence-corrected chi connectivity index (χ4v) is 9.26. The van der Waals surface area contributed by atoms with Crippen molar-refractivity contribution in [2.45, 2.75) is 46.0 Å². The van der Waals surface area contributed by atoms with Crippen LogP contribution in [-0.4, -0.2) is 64.1 Å². The number of likely N-dealkylation sites (tertiary alicyclic amines) is 1. The normalized spacial score (nSPS) is 17.0. The number of ether oxygens (including phenoxy) is 1. The summed E-state index contributed by atoms with van der Waals surface area (Å²) < 4.78 is 40.7. The van der Waals surface area contributed by atoms with E-state index in [-0.39, 0.29) is 30.3 Å². The van der Waals surface area contributed by atoms with Gasteiger partial charge in [-0.2, -0.15) is 0 Å². The van der Waals surface area contributed by atoms with Crippen molar-refractivity contribution < 1.29 is 32.0 Å². The number of rotatable bonds is 9. The second kappa shape index (κ2) is 13.9. The minimum atomic E-state index is -4.07. The number of hydrogen-bond donors (Lipinski definition) is 2. The number of fused-ring (bicyclic) bond motifs is 3. The van der Waals surface area contributed by atoms with Crippen molar-refractivity contribution in [2.24, 2.45) is 0 Å². The Bertz CT molecular complexity index is 2470. The highest BCUT2D eigenvalue weighted by atomic mass is 32.2. The summed E-state index contributed by atoms with van der Waals surface area (Å²) in [4.78, 5) is 52.8. The first-order chi connectivity index (χ1) is 25.7. The van der Waals surface area contributed by atoms with E-state index in [1.54, 1.807) is 73.4 Å². The van der Waals surface area contributed by atoms with Gasteiger partial charge in [-0.3, -0.25) is 19.4 Å². The lowest BCUT2D eigenvalue weighted by molar-refractivity contribution is -0.138. The number of oxazole rings is 1. The molecule has 3 atom stereocenters. The zero-order chi connectivity index (χ0) is 36.7. The molecule has 0 unspecified atom stereocenters. The predicted molar refractivity (Wildman–Crippen MR) is 194 cm³/mol. The van der Waals surface area contributed by atoms with Gasteiger partial charge in [0.15, 0.2) is 5.89 Å². The third-order valence-corrected chi connectivity index (χ3v) is 12.2. The van der Waals surface area contributed by atoms with Gasteiger partial charge in [-0.15, -0.1) is 0 Å². The molecule has 3 amide bonds. The lowest BCUT2D eigenvalue weighted by Gasteiger charge is -2.26. The van der Waals surface area contributed by atoms with Crippen molar-refractivity contribution in [1.82, 2.24) is 29.5 Å². The van der Waals surface area contributed by atoms with E-state index in [1.807, 2.05) is 24.3 Å². The third-order valence-electron chi connectivity index (χ3n) is 9.29. The Labute approximate surface area is 308 Å². The summed E-state index contributed by atoms with van der Waals surface area (Å²) in [6, 6.07) is 22.3. The van der Waals surface area contributed by atoms with E-state index < -0.39 is 39.8 Å². The number of pyridine rings is 1. The number of nitrogens with one attached hydrogen (secondary N) is 2. The number of para-hydroxylation sites is 1. The summed E-state index contributed by atoms with van der Waals surface area (Å²) in [6.07, 6.45) is 6.20. The van der Waals surface area contributed by atoms with Gasteiger partial charge in [0.05, 0.1) is 50.6 Å². The number of hydrogen-bond acceptors (Lipinski definition) is 10. The maximum absolute atomic E-state index is 14.1. The molecule has 1 saturated heterocycles. The van der Waals surface area contributed by atoms with Crippen LogP contribution in [0.2, 0.25) is 0 Å². The molecule has 8 rings (SSSR count). The summed E-state index contributed by atoms with van der Waals surface area (Å²) in [5.41, 5.74) is 1.04. The number of nitrogens with zero attached hydrogens (tertiary/aromatic N) is 4. The standard InChI is InChI=1S/C38H32N6O7S2/c1-23(29-17-25-20-39-14-13-28(25)44(29)53(48,49)27-7-3-2-4-8-27)42-37(47)30-18-26(38-40-15-16-50-38)22-43(30)35(45)21-41-36(46)24-11-12-34-32(19-24)51-31-9-5-6-10-33(31)52-34/h2-17,19-20,23,26,30H,18,21-22H2,1H3,(H,41,46)(H,42,47)/t23-,26+,30+/m1/s1. The van der Waals surface area contributed by atoms with Crippen molar-refractivity contribution in [1.29, 1.82) is 0 Å². The molecule has 53 heavy (non-hydrogen) atoms. The Morgan fingerprint density at radius 3 is 2.57 bits per heavy atom. The smallest absolute Gasteiger partial charge is 0.268 e. The fraction of sp³-hybridized carbons (Fsp3) is 0.184. The zero-order valence-electron chi connectivity index (χ0n) is 28.2. The van der Waals surface area contributed by atoms with Crippen molar-refractivity contribution in [3.8, 4) is 11.5 Å². The molecule has 0 aliphatic carbocycles. The fourth-order valence-electron chi connectivity index (χ4n) is 6.71. The Balaban J connectivity index is 1.01. The first-order valence-corrected chi connectivity index (χ1v) is 19.1. The number of amides is 3. The van der Waals surface area contributed by atoms with Gasteiger partial charge in [-0.25, -0.2) is 17.4 Å². The predicted octanol–water partition coefficient (Wildman–Crippen LogP) is 5.51. The average Bonchev–Trinajstić information content (AvgIpc) is 3.96. The largest absolute Gasteiger partial charge is 0.455 e. The molecule has 2 aliphatic rings. The Hall–Kier alpha value is -5.93. The monoisotopic (exact) mass is 748 g/mol. The van der Waals surface area contributed by atoms with Gasteiger partial charge in [0.2, 0.25) is 11.8 Å². The van der Waals surface area contributed by atoms with Crippen LogP contribution in [-0.2, 0) is 19.6 Å². The molecule has 0 radical (unpaired) electrons. The molecule has 2 aliphatic heterocycles. The van der Waals surface area contributed by atoms with E-state index >= 15 is 0 Å². The lowest BCUT2D eigenvalue weighted by atomic mass is 10.0. The zero-order valence-corrected chi connectivity index (χ0v) is 29.8. The summed E-state index contributed by atoms with van der Waals surface area (Å²) in [6.45, 7) is 1.44. The Morgan fingerprint density at radius 1 is 0.962 bits per heavy atom. The van der Waals surface area contributed by atoms with E-state index in [9.17, 15) is 22.8 Å². The second-order valence-electron chi connectivity index (χ2n) is 12.7. The minimum Gasteiger partial charge on any atom is -0.455 e. The molecule has 3 aromatic carbocycles. The number of carbonyl (C=O) groups is 3. The summed E-state index contributed by atoms with van der Waals surface area (Å²) in [5.74, 6) is -0.224. The van der Waals surface area contributed by atoms with Gasteiger partial charge in [0.1, 0.15) is 23.8 Å². The average molecular weight is 749 g/mol. The molecular weight excluding hydrogens is 717 g/mol. The van der Waals surface area contributed by atoms with Crippen LogP contribution in [0.15, 0.2) is 129 Å². The Morgan fingerprint density at radius 2 is 1.75 bits per heavy atom. The highest BCUT2D eigenvalue weighted by Gasteiger charge is 2.42. The van der Waals surface area contributed by atoms with Gasteiger partial charge in [-0.1, -0.05) is 42.1 Å². The summed E-state index contributed by atoms with van der Waals surface area (Å²) in [5, 5.41) is 6.22. The molecule has 0 bridgehead atoms. The van der Waals surface area contributed by atoms with Crippen molar-refractivity contribution >= 4 is 50.4 Å². The lowest BCUT2D eigenvalue weighted by Crippen LogP contribution is -2.49. The Kier molecular flexibility index (Phi) is 8.96. The van der Waals surface area contributed by atoms with E-state index in [0.717, 1.165) is 9.79 Å². The first-order valence-electron chi connectivity index (χ1n) is 16.8. The number of carbonyl (C=O) groups excluding carboxylic acids is 3. The molecule has 268 valence electrons.